The zero-order valence-electron chi connectivity index (χ0n) is 21.9. The molecule has 7 heteroatoms. The van der Waals surface area contributed by atoms with Crippen LogP contribution >= 0.6 is 0 Å². The lowest BCUT2D eigenvalue weighted by Crippen LogP contribution is -2.47. The molecule has 0 saturated heterocycles. The van der Waals surface area contributed by atoms with Gasteiger partial charge in [0.05, 0.1) is 6.21 Å². The van der Waals surface area contributed by atoms with Crippen LogP contribution in [0.3, 0.4) is 0 Å². The zero-order chi connectivity index (χ0) is 26.6. The van der Waals surface area contributed by atoms with Crippen LogP contribution in [0.5, 0.6) is 11.5 Å². The summed E-state index contributed by atoms with van der Waals surface area (Å²) in [5.74, 6) is 0.833. The Labute approximate surface area is 218 Å². The van der Waals surface area contributed by atoms with E-state index >= 15 is 0 Å². The molecule has 3 aromatic rings. The van der Waals surface area contributed by atoms with Crippen molar-refractivity contribution in [2.75, 3.05) is 6.61 Å². The number of para-hydroxylation sites is 1. The van der Waals surface area contributed by atoms with E-state index < -0.39 is 6.04 Å². The van der Waals surface area contributed by atoms with Crippen LogP contribution in [0.4, 0.5) is 0 Å². The minimum atomic E-state index is -0.720. The molecule has 0 aliphatic heterocycles. The fraction of sp³-hybridized carbons (Fsp3) is 0.300. The van der Waals surface area contributed by atoms with Crippen molar-refractivity contribution in [2.24, 2.45) is 11.0 Å². The van der Waals surface area contributed by atoms with E-state index in [0.717, 1.165) is 22.4 Å². The highest BCUT2D eigenvalue weighted by atomic mass is 16.5. The minimum Gasteiger partial charge on any atom is -0.489 e. The lowest BCUT2D eigenvalue weighted by atomic mass is 10.0. The fourth-order valence-electron chi connectivity index (χ4n) is 3.55. The Bertz CT molecular complexity index is 1190. The molecule has 2 N–H and O–H groups in total. The maximum atomic E-state index is 12.7. The molecule has 0 aliphatic rings. The van der Waals surface area contributed by atoms with Crippen molar-refractivity contribution in [3.05, 3.63) is 95.1 Å². The van der Waals surface area contributed by atoms with Crippen LogP contribution in [0.15, 0.2) is 77.9 Å². The van der Waals surface area contributed by atoms with Crippen LogP contribution in [0.1, 0.15) is 42.5 Å². The van der Waals surface area contributed by atoms with Crippen LogP contribution in [0, 0.1) is 19.8 Å². The topological polar surface area (TPSA) is 89.0 Å². The van der Waals surface area contributed by atoms with Gasteiger partial charge in [-0.25, -0.2) is 5.43 Å². The zero-order valence-corrected chi connectivity index (χ0v) is 21.9. The second-order valence-electron chi connectivity index (χ2n) is 9.38. The van der Waals surface area contributed by atoms with E-state index in [1.165, 1.54) is 5.56 Å². The maximum absolute atomic E-state index is 12.7. The van der Waals surface area contributed by atoms with E-state index in [4.69, 9.17) is 9.47 Å². The van der Waals surface area contributed by atoms with E-state index in [0.29, 0.717) is 18.8 Å². The number of carbonyl (C=O) groups excluding carboxylic acids is 2. The molecular weight excluding hydrogens is 466 g/mol. The van der Waals surface area contributed by atoms with Gasteiger partial charge in [-0.3, -0.25) is 9.59 Å². The predicted molar refractivity (Wildman–Crippen MR) is 146 cm³/mol. The Kier molecular flexibility index (Phi) is 10.3. The first-order valence-corrected chi connectivity index (χ1v) is 12.4. The molecule has 1 atom stereocenters. The summed E-state index contributed by atoms with van der Waals surface area (Å²) in [5, 5.41) is 6.82. The third-order valence-corrected chi connectivity index (χ3v) is 5.61. The molecular formula is C30H35N3O4. The lowest BCUT2D eigenvalue weighted by Gasteiger charge is -2.19. The number of nitrogens with one attached hydrogen (secondary N) is 2. The van der Waals surface area contributed by atoms with E-state index in [1.807, 2.05) is 75.4 Å². The Morgan fingerprint density at radius 2 is 1.62 bits per heavy atom. The molecule has 0 saturated carbocycles. The normalized spacial score (nSPS) is 11.8. The third-order valence-electron chi connectivity index (χ3n) is 5.61. The summed E-state index contributed by atoms with van der Waals surface area (Å²) >= 11 is 0. The van der Waals surface area contributed by atoms with E-state index in [-0.39, 0.29) is 24.3 Å². The molecule has 3 rings (SSSR count). The Morgan fingerprint density at radius 1 is 0.919 bits per heavy atom. The van der Waals surface area contributed by atoms with Crippen molar-refractivity contribution in [1.29, 1.82) is 0 Å². The SMILES string of the molecule is Cc1ccc(COc2ccc(/C=N\NC(=O)[C@@H](CC(C)C)NC(=O)COc3ccccc3C)cc2)cc1. The molecule has 0 heterocycles. The number of hydrazone groups is 1. The minimum absolute atomic E-state index is 0.172. The molecule has 7 nitrogen and oxygen atoms in total. The third kappa shape index (κ3) is 9.44. The molecule has 0 radical (unpaired) electrons. The molecule has 0 unspecified atom stereocenters. The summed E-state index contributed by atoms with van der Waals surface area (Å²) in [5.41, 5.74) is 6.59. The van der Waals surface area contributed by atoms with Gasteiger partial charge in [-0.2, -0.15) is 5.10 Å². The second-order valence-corrected chi connectivity index (χ2v) is 9.38. The van der Waals surface area contributed by atoms with Crippen molar-refractivity contribution in [2.45, 2.75) is 46.8 Å². The number of aryl methyl sites for hydroxylation is 2. The summed E-state index contributed by atoms with van der Waals surface area (Å²) in [6.07, 6.45) is 2.03. The lowest BCUT2D eigenvalue weighted by molar-refractivity contribution is -0.130. The summed E-state index contributed by atoms with van der Waals surface area (Å²) in [6.45, 7) is 8.25. The second kappa shape index (κ2) is 13.8. The molecule has 0 fully saturated rings. The average molecular weight is 502 g/mol. The van der Waals surface area contributed by atoms with Crippen molar-refractivity contribution in [3.8, 4) is 11.5 Å². The van der Waals surface area contributed by atoms with Gasteiger partial charge in [0, 0.05) is 0 Å². The highest BCUT2D eigenvalue weighted by Gasteiger charge is 2.22. The van der Waals surface area contributed by atoms with E-state index in [9.17, 15) is 9.59 Å². The van der Waals surface area contributed by atoms with Gasteiger partial charge in [0.25, 0.3) is 11.8 Å². The van der Waals surface area contributed by atoms with Gasteiger partial charge in [0.15, 0.2) is 6.61 Å². The largest absolute Gasteiger partial charge is 0.489 e. The first-order chi connectivity index (χ1) is 17.8. The summed E-state index contributed by atoms with van der Waals surface area (Å²) in [6, 6.07) is 22.4. The molecule has 0 aliphatic carbocycles. The van der Waals surface area contributed by atoms with Gasteiger partial charge in [0.2, 0.25) is 0 Å². The Hall–Kier alpha value is -4.13. The molecule has 2 amide bonds. The molecule has 37 heavy (non-hydrogen) atoms. The Balaban J connectivity index is 1.48. The molecule has 0 spiro atoms. The van der Waals surface area contributed by atoms with Gasteiger partial charge < -0.3 is 14.8 Å². The highest BCUT2D eigenvalue weighted by molar-refractivity contribution is 5.89. The van der Waals surface area contributed by atoms with Gasteiger partial charge in [-0.1, -0.05) is 61.9 Å². The standard InChI is InChI=1S/C30H35N3O4/c1-21(2)17-27(32-29(34)20-37-28-8-6-5-7-23(28)4)30(35)33-31-18-24-13-15-26(16-14-24)36-19-25-11-9-22(3)10-12-25/h5-16,18,21,27H,17,19-20H2,1-4H3,(H,32,34)(H,33,35)/b31-18-/t27-/m1/s1. The van der Waals surface area contributed by atoms with Gasteiger partial charge >= 0.3 is 0 Å². The van der Waals surface area contributed by atoms with Crippen LogP contribution in [0.2, 0.25) is 0 Å². The van der Waals surface area contributed by atoms with E-state index in [2.05, 4.69) is 34.9 Å². The average Bonchev–Trinajstić information content (AvgIpc) is 2.88. The van der Waals surface area contributed by atoms with Gasteiger partial charge in [0.1, 0.15) is 24.1 Å². The molecule has 3 aromatic carbocycles. The number of ether oxygens (including phenoxy) is 2. The van der Waals surface area contributed by atoms with Gasteiger partial charge in [-0.05, 0) is 73.2 Å². The number of carbonyl (C=O) groups is 2. The number of hydrogen-bond acceptors (Lipinski definition) is 5. The maximum Gasteiger partial charge on any atom is 0.262 e. The van der Waals surface area contributed by atoms with Crippen molar-refractivity contribution in [1.82, 2.24) is 10.7 Å². The van der Waals surface area contributed by atoms with Crippen LogP contribution in [-0.4, -0.2) is 30.7 Å². The first-order valence-electron chi connectivity index (χ1n) is 12.4. The quantitative estimate of drug-likeness (QED) is 0.272. The number of benzene rings is 3. The molecule has 0 aromatic heterocycles. The van der Waals surface area contributed by atoms with E-state index in [1.54, 1.807) is 12.3 Å². The molecule has 0 bridgehead atoms. The predicted octanol–water partition coefficient (Wildman–Crippen LogP) is 4.94. The number of nitrogens with zero attached hydrogens (tertiary/aromatic N) is 1. The summed E-state index contributed by atoms with van der Waals surface area (Å²) in [7, 11) is 0. The number of hydrogen-bond donors (Lipinski definition) is 2. The van der Waals surface area contributed by atoms with Crippen LogP contribution in [0.25, 0.3) is 0 Å². The van der Waals surface area contributed by atoms with Gasteiger partial charge in [-0.15, -0.1) is 0 Å². The number of amides is 2. The molecule has 194 valence electrons. The van der Waals surface area contributed by atoms with Crippen molar-refractivity contribution < 1.29 is 19.1 Å². The van der Waals surface area contributed by atoms with Crippen LogP contribution in [-0.2, 0) is 16.2 Å². The first kappa shape index (κ1) is 27.5. The van der Waals surface area contributed by atoms with Crippen molar-refractivity contribution in [3.63, 3.8) is 0 Å². The fourth-order valence-corrected chi connectivity index (χ4v) is 3.55. The smallest absolute Gasteiger partial charge is 0.262 e. The Morgan fingerprint density at radius 3 is 2.30 bits per heavy atom. The highest BCUT2D eigenvalue weighted by Crippen LogP contribution is 2.16. The monoisotopic (exact) mass is 501 g/mol. The van der Waals surface area contributed by atoms with Crippen molar-refractivity contribution >= 4 is 18.0 Å². The summed E-state index contributed by atoms with van der Waals surface area (Å²) in [4.78, 5) is 25.2. The number of rotatable bonds is 12. The summed E-state index contributed by atoms with van der Waals surface area (Å²) < 4.78 is 11.4. The van der Waals surface area contributed by atoms with Crippen LogP contribution < -0.4 is 20.2 Å².